The first kappa shape index (κ1) is 13.1. The zero-order valence-electron chi connectivity index (χ0n) is 11.8. The van der Waals surface area contributed by atoms with E-state index in [0.29, 0.717) is 19.1 Å². The first-order valence-electron chi connectivity index (χ1n) is 7.20. The lowest BCUT2D eigenvalue weighted by molar-refractivity contribution is -0.120. The summed E-state index contributed by atoms with van der Waals surface area (Å²) in [6, 6.07) is 13.3. The number of aryl methyl sites for hydroxylation is 1. The van der Waals surface area contributed by atoms with Crippen molar-refractivity contribution in [2.45, 2.75) is 32.4 Å². The van der Waals surface area contributed by atoms with Crippen LogP contribution in [0.2, 0.25) is 0 Å². The summed E-state index contributed by atoms with van der Waals surface area (Å²) in [5.74, 6) is 0.0703. The number of rotatable bonds is 5. The van der Waals surface area contributed by atoms with Gasteiger partial charge in [0, 0.05) is 12.6 Å². The molecule has 1 aliphatic rings. The summed E-state index contributed by atoms with van der Waals surface area (Å²) in [6.07, 6.45) is 2.41. The third-order valence-electron chi connectivity index (χ3n) is 3.68. The first-order valence-corrected chi connectivity index (χ1v) is 7.20. The zero-order valence-corrected chi connectivity index (χ0v) is 11.8. The lowest BCUT2D eigenvalue weighted by Crippen LogP contribution is -2.34. The van der Waals surface area contributed by atoms with E-state index in [4.69, 9.17) is 0 Å². The normalized spacial score (nSPS) is 14.4. The van der Waals surface area contributed by atoms with E-state index in [2.05, 4.69) is 54.0 Å². The van der Waals surface area contributed by atoms with Crippen LogP contribution in [0.15, 0.2) is 36.4 Å². The van der Waals surface area contributed by atoms with Crippen LogP contribution in [-0.2, 0) is 11.3 Å². The molecule has 20 heavy (non-hydrogen) atoms. The maximum absolute atomic E-state index is 11.7. The highest BCUT2D eigenvalue weighted by Crippen LogP contribution is 2.18. The number of benzene rings is 2. The molecule has 0 saturated heterocycles. The van der Waals surface area contributed by atoms with Crippen molar-refractivity contribution in [3.05, 3.63) is 47.5 Å². The minimum atomic E-state index is 0.0703. The summed E-state index contributed by atoms with van der Waals surface area (Å²) in [5, 5.41) is 8.64. The molecule has 0 spiro atoms. The number of carbonyl (C=O) groups is 1. The number of hydrogen-bond acceptors (Lipinski definition) is 2. The van der Waals surface area contributed by atoms with Crippen molar-refractivity contribution in [2.24, 2.45) is 0 Å². The van der Waals surface area contributed by atoms with Crippen molar-refractivity contribution in [3.8, 4) is 0 Å². The fraction of sp³-hybridized carbons (Fsp3) is 0.353. The van der Waals surface area contributed by atoms with Crippen LogP contribution >= 0.6 is 0 Å². The molecule has 0 radical (unpaired) electrons. The van der Waals surface area contributed by atoms with Crippen molar-refractivity contribution in [1.82, 2.24) is 10.6 Å². The van der Waals surface area contributed by atoms with Crippen LogP contribution in [0.1, 0.15) is 24.0 Å². The molecule has 2 N–H and O–H groups in total. The van der Waals surface area contributed by atoms with Gasteiger partial charge in [0.2, 0.25) is 5.91 Å². The van der Waals surface area contributed by atoms with Gasteiger partial charge in [-0.3, -0.25) is 4.79 Å². The Morgan fingerprint density at radius 1 is 1.15 bits per heavy atom. The van der Waals surface area contributed by atoms with Gasteiger partial charge < -0.3 is 10.6 Å². The molecule has 1 aliphatic carbocycles. The van der Waals surface area contributed by atoms with Crippen LogP contribution in [0.25, 0.3) is 10.8 Å². The molecule has 1 amide bonds. The average molecular weight is 268 g/mol. The molecule has 104 valence electrons. The highest BCUT2D eigenvalue weighted by molar-refractivity contribution is 5.84. The number of nitrogens with one attached hydrogen (secondary N) is 2. The molecule has 0 aromatic heterocycles. The Kier molecular flexibility index (Phi) is 3.70. The molecule has 0 bridgehead atoms. The van der Waals surface area contributed by atoms with E-state index in [0.717, 1.165) is 5.56 Å². The van der Waals surface area contributed by atoms with Gasteiger partial charge in [-0.1, -0.05) is 35.9 Å². The Balaban J connectivity index is 1.59. The lowest BCUT2D eigenvalue weighted by atomic mass is 10.0. The molecule has 0 atom stereocenters. The minimum absolute atomic E-state index is 0.0703. The molecular formula is C17H20N2O. The van der Waals surface area contributed by atoms with E-state index >= 15 is 0 Å². The Hall–Kier alpha value is -1.87. The molecule has 1 saturated carbocycles. The van der Waals surface area contributed by atoms with E-state index in [1.54, 1.807) is 0 Å². The quantitative estimate of drug-likeness (QED) is 0.875. The monoisotopic (exact) mass is 268 g/mol. The predicted octanol–water partition coefficient (Wildman–Crippen LogP) is 2.52. The van der Waals surface area contributed by atoms with Gasteiger partial charge in [-0.2, -0.15) is 0 Å². The number of carbonyl (C=O) groups excluding carboxylic acids is 1. The van der Waals surface area contributed by atoms with Crippen LogP contribution in [-0.4, -0.2) is 18.5 Å². The van der Waals surface area contributed by atoms with Crippen molar-refractivity contribution >= 4 is 16.7 Å². The fourth-order valence-electron chi connectivity index (χ4n) is 2.31. The highest BCUT2D eigenvalue weighted by atomic mass is 16.1. The topological polar surface area (TPSA) is 41.1 Å². The minimum Gasteiger partial charge on any atom is -0.351 e. The van der Waals surface area contributed by atoms with Crippen LogP contribution in [0.3, 0.4) is 0 Å². The standard InChI is InChI=1S/C17H20N2O/c1-12-2-4-15-9-13(3-5-14(15)8-12)10-19-17(20)11-18-16-6-7-16/h2-5,8-9,16,18H,6-7,10-11H2,1H3,(H,19,20). The molecule has 3 nitrogen and oxygen atoms in total. The summed E-state index contributed by atoms with van der Waals surface area (Å²) in [5.41, 5.74) is 2.41. The summed E-state index contributed by atoms with van der Waals surface area (Å²) in [6.45, 7) is 3.12. The Morgan fingerprint density at radius 2 is 1.90 bits per heavy atom. The number of amides is 1. The largest absolute Gasteiger partial charge is 0.351 e. The molecule has 2 aromatic carbocycles. The van der Waals surface area contributed by atoms with Gasteiger partial charge >= 0.3 is 0 Å². The molecule has 3 heteroatoms. The maximum Gasteiger partial charge on any atom is 0.234 e. The third kappa shape index (κ3) is 3.36. The zero-order chi connectivity index (χ0) is 13.9. The van der Waals surface area contributed by atoms with E-state index in [1.165, 1.54) is 29.2 Å². The van der Waals surface area contributed by atoms with Gasteiger partial charge in [-0.05, 0) is 42.2 Å². The second-order valence-corrected chi connectivity index (χ2v) is 5.62. The molecular weight excluding hydrogens is 248 g/mol. The molecule has 3 rings (SSSR count). The van der Waals surface area contributed by atoms with Gasteiger partial charge in [0.15, 0.2) is 0 Å². The van der Waals surface area contributed by atoms with E-state index in [-0.39, 0.29) is 5.91 Å². The smallest absolute Gasteiger partial charge is 0.234 e. The van der Waals surface area contributed by atoms with E-state index in [1.807, 2.05) is 0 Å². The number of fused-ring (bicyclic) bond motifs is 1. The summed E-state index contributed by atoms with van der Waals surface area (Å²) < 4.78 is 0. The van der Waals surface area contributed by atoms with Gasteiger partial charge in [-0.15, -0.1) is 0 Å². The van der Waals surface area contributed by atoms with Crippen molar-refractivity contribution in [3.63, 3.8) is 0 Å². The molecule has 0 aliphatic heterocycles. The summed E-state index contributed by atoms with van der Waals surface area (Å²) in [7, 11) is 0. The van der Waals surface area contributed by atoms with Crippen LogP contribution < -0.4 is 10.6 Å². The predicted molar refractivity (Wildman–Crippen MR) is 81.6 cm³/mol. The Labute approximate surface area is 119 Å². The van der Waals surface area contributed by atoms with Crippen molar-refractivity contribution in [1.29, 1.82) is 0 Å². The second kappa shape index (κ2) is 5.63. The van der Waals surface area contributed by atoms with Crippen LogP contribution in [0.5, 0.6) is 0 Å². The van der Waals surface area contributed by atoms with Gasteiger partial charge in [-0.25, -0.2) is 0 Å². The first-order chi connectivity index (χ1) is 9.70. The van der Waals surface area contributed by atoms with Crippen LogP contribution in [0.4, 0.5) is 0 Å². The maximum atomic E-state index is 11.7. The van der Waals surface area contributed by atoms with Gasteiger partial charge in [0.05, 0.1) is 6.54 Å². The second-order valence-electron chi connectivity index (χ2n) is 5.62. The molecule has 0 unspecified atom stereocenters. The van der Waals surface area contributed by atoms with Gasteiger partial charge in [0.1, 0.15) is 0 Å². The molecule has 1 fully saturated rings. The highest BCUT2D eigenvalue weighted by Gasteiger charge is 2.20. The van der Waals surface area contributed by atoms with Crippen LogP contribution in [0, 0.1) is 6.92 Å². The van der Waals surface area contributed by atoms with Crippen molar-refractivity contribution in [2.75, 3.05) is 6.54 Å². The Morgan fingerprint density at radius 3 is 2.70 bits per heavy atom. The summed E-state index contributed by atoms with van der Waals surface area (Å²) in [4.78, 5) is 11.7. The van der Waals surface area contributed by atoms with Gasteiger partial charge in [0.25, 0.3) is 0 Å². The lowest BCUT2D eigenvalue weighted by Gasteiger charge is -2.07. The number of hydrogen-bond donors (Lipinski definition) is 2. The van der Waals surface area contributed by atoms with E-state index in [9.17, 15) is 4.79 Å². The molecule has 2 aromatic rings. The fourth-order valence-corrected chi connectivity index (χ4v) is 2.31. The Bertz CT molecular complexity index is 632. The van der Waals surface area contributed by atoms with E-state index < -0.39 is 0 Å². The third-order valence-corrected chi connectivity index (χ3v) is 3.68. The summed E-state index contributed by atoms with van der Waals surface area (Å²) >= 11 is 0. The molecule has 0 heterocycles. The van der Waals surface area contributed by atoms with Crippen molar-refractivity contribution < 1.29 is 4.79 Å². The average Bonchev–Trinajstić information content (AvgIpc) is 3.27. The SMILES string of the molecule is Cc1ccc2cc(CNC(=O)CNC3CC3)ccc2c1.